The van der Waals surface area contributed by atoms with E-state index in [0.29, 0.717) is 13.2 Å². The predicted octanol–water partition coefficient (Wildman–Crippen LogP) is 8.02. The Hall–Kier alpha value is -1.29. The van der Waals surface area contributed by atoms with Crippen LogP contribution in [0, 0.1) is 13.8 Å². The van der Waals surface area contributed by atoms with E-state index in [2.05, 4.69) is 86.8 Å². The molecular formula is C30H52O4Si2. The number of aliphatic hydroxyl groups is 2. The van der Waals surface area contributed by atoms with Gasteiger partial charge < -0.3 is 19.1 Å². The minimum absolute atomic E-state index is 0.101. The SMILES string of the molecule is Cc1cc(CO)ccc1CO[Si](C)(C)C(C)(C)C.Cc1cc(CO[Si](C)(C)C(C)(C)C)ccc1CO. The average molecular weight is 533 g/mol. The molecule has 36 heavy (non-hydrogen) atoms. The fourth-order valence-electron chi connectivity index (χ4n) is 3.00. The first kappa shape index (κ1) is 32.7. The first-order chi connectivity index (χ1) is 16.3. The second-order valence-electron chi connectivity index (χ2n) is 12.9. The normalized spacial score (nSPS) is 12.8. The second-order valence-corrected chi connectivity index (χ2v) is 22.6. The highest BCUT2D eigenvalue weighted by molar-refractivity contribution is 6.74. The van der Waals surface area contributed by atoms with Crippen molar-refractivity contribution in [2.75, 3.05) is 0 Å². The van der Waals surface area contributed by atoms with Crippen LogP contribution < -0.4 is 0 Å². The summed E-state index contributed by atoms with van der Waals surface area (Å²) in [6.07, 6.45) is 0. The summed E-state index contributed by atoms with van der Waals surface area (Å²) in [5.74, 6) is 0. The van der Waals surface area contributed by atoms with Crippen LogP contribution in [-0.4, -0.2) is 26.8 Å². The van der Waals surface area contributed by atoms with E-state index in [-0.39, 0.29) is 23.3 Å². The minimum atomic E-state index is -1.68. The molecule has 0 spiro atoms. The maximum absolute atomic E-state index is 9.15. The summed E-state index contributed by atoms with van der Waals surface area (Å²) in [5.41, 5.74) is 6.69. The predicted molar refractivity (Wildman–Crippen MR) is 158 cm³/mol. The van der Waals surface area contributed by atoms with E-state index in [0.717, 1.165) is 16.7 Å². The molecule has 4 nitrogen and oxygen atoms in total. The van der Waals surface area contributed by atoms with E-state index in [1.807, 2.05) is 31.2 Å². The van der Waals surface area contributed by atoms with E-state index in [9.17, 15) is 0 Å². The van der Waals surface area contributed by atoms with E-state index < -0.39 is 16.6 Å². The first-order valence-electron chi connectivity index (χ1n) is 13.0. The quantitative estimate of drug-likeness (QED) is 0.338. The van der Waals surface area contributed by atoms with Crippen molar-refractivity contribution >= 4 is 16.6 Å². The molecule has 0 amide bonds. The van der Waals surface area contributed by atoms with Crippen molar-refractivity contribution in [3.63, 3.8) is 0 Å². The van der Waals surface area contributed by atoms with Gasteiger partial charge in [-0.15, -0.1) is 0 Å². The lowest BCUT2D eigenvalue weighted by atomic mass is 10.1. The molecule has 0 heterocycles. The summed E-state index contributed by atoms with van der Waals surface area (Å²) in [6, 6.07) is 12.2. The highest BCUT2D eigenvalue weighted by Crippen LogP contribution is 2.38. The molecule has 0 aromatic heterocycles. The van der Waals surface area contributed by atoms with Crippen molar-refractivity contribution in [3.05, 3.63) is 69.8 Å². The second kappa shape index (κ2) is 13.0. The lowest BCUT2D eigenvalue weighted by Gasteiger charge is -2.36. The number of rotatable bonds is 8. The zero-order valence-corrected chi connectivity index (χ0v) is 27.0. The maximum atomic E-state index is 9.15. The molecule has 2 rings (SSSR count). The van der Waals surface area contributed by atoms with Gasteiger partial charge in [-0.2, -0.15) is 0 Å². The molecule has 0 aliphatic rings. The Balaban J connectivity index is 0.000000360. The molecule has 0 radical (unpaired) electrons. The Kier molecular flexibility index (Phi) is 11.8. The standard InChI is InChI=1S/2C15H26O2Si/c1-12-9-13(7-8-14(12)10-16)11-17-18(5,6)15(2,3)4;1-12-9-13(10-16)7-8-14(12)11-17-18(5,6)15(2,3)4/h2*7-9,16H,10-11H2,1-6H3. The molecule has 204 valence electrons. The van der Waals surface area contributed by atoms with Gasteiger partial charge in [-0.1, -0.05) is 77.9 Å². The van der Waals surface area contributed by atoms with Crippen LogP contribution in [0.3, 0.4) is 0 Å². The highest BCUT2D eigenvalue weighted by Gasteiger charge is 2.37. The van der Waals surface area contributed by atoms with Crippen molar-refractivity contribution in [2.45, 2.75) is 118 Å². The summed E-state index contributed by atoms with van der Waals surface area (Å²) in [6.45, 7) is 28.2. The van der Waals surface area contributed by atoms with Crippen LogP contribution in [0.4, 0.5) is 0 Å². The van der Waals surface area contributed by atoms with Crippen LogP contribution in [0.15, 0.2) is 36.4 Å². The summed E-state index contributed by atoms with van der Waals surface area (Å²) in [4.78, 5) is 0. The van der Waals surface area contributed by atoms with E-state index >= 15 is 0 Å². The van der Waals surface area contributed by atoms with E-state index in [4.69, 9.17) is 19.1 Å². The van der Waals surface area contributed by atoms with E-state index in [1.54, 1.807) is 0 Å². The van der Waals surface area contributed by atoms with Crippen LogP contribution in [0.2, 0.25) is 36.3 Å². The van der Waals surface area contributed by atoms with Gasteiger partial charge in [-0.25, -0.2) is 0 Å². The van der Waals surface area contributed by atoms with Gasteiger partial charge in [0, 0.05) is 0 Å². The summed E-state index contributed by atoms with van der Waals surface area (Å²) in [7, 11) is -3.36. The molecule has 0 fully saturated rings. The average Bonchev–Trinajstić information content (AvgIpc) is 2.76. The van der Waals surface area contributed by atoms with Crippen LogP contribution in [0.25, 0.3) is 0 Å². The van der Waals surface area contributed by atoms with Crippen LogP contribution in [0.1, 0.15) is 74.9 Å². The molecule has 0 atom stereocenters. The summed E-state index contributed by atoms with van der Waals surface area (Å²) < 4.78 is 12.4. The molecule has 0 saturated carbocycles. The zero-order chi connectivity index (χ0) is 27.9. The molecular weight excluding hydrogens is 480 g/mol. The Morgan fingerprint density at radius 1 is 0.611 bits per heavy atom. The molecule has 6 heteroatoms. The van der Waals surface area contributed by atoms with Gasteiger partial charge >= 0.3 is 0 Å². The third-order valence-electron chi connectivity index (χ3n) is 7.97. The van der Waals surface area contributed by atoms with Crippen molar-refractivity contribution in [1.29, 1.82) is 0 Å². The van der Waals surface area contributed by atoms with Crippen molar-refractivity contribution in [3.8, 4) is 0 Å². The largest absolute Gasteiger partial charge is 0.413 e. The third kappa shape index (κ3) is 9.54. The summed E-state index contributed by atoms with van der Waals surface area (Å²) >= 11 is 0. The molecule has 0 aliphatic carbocycles. The number of benzene rings is 2. The van der Waals surface area contributed by atoms with Gasteiger partial charge in [-0.05, 0) is 83.5 Å². The van der Waals surface area contributed by atoms with Crippen molar-refractivity contribution in [1.82, 2.24) is 0 Å². The van der Waals surface area contributed by atoms with Crippen LogP contribution in [0.5, 0.6) is 0 Å². The zero-order valence-electron chi connectivity index (χ0n) is 25.0. The van der Waals surface area contributed by atoms with Gasteiger partial charge in [0.1, 0.15) is 0 Å². The monoisotopic (exact) mass is 532 g/mol. The maximum Gasteiger partial charge on any atom is 0.192 e. The lowest BCUT2D eigenvalue weighted by molar-refractivity contribution is 0.274. The van der Waals surface area contributed by atoms with Gasteiger partial charge in [-0.3, -0.25) is 0 Å². The lowest BCUT2D eigenvalue weighted by Crippen LogP contribution is -2.40. The molecule has 2 aromatic carbocycles. The first-order valence-corrected chi connectivity index (χ1v) is 18.8. The van der Waals surface area contributed by atoms with Crippen molar-refractivity contribution < 1.29 is 19.1 Å². The van der Waals surface area contributed by atoms with Crippen LogP contribution in [-0.2, 0) is 35.3 Å². The van der Waals surface area contributed by atoms with Gasteiger partial charge in [0.15, 0.2) is 16.6 Å². The van der Waals surface area contributed by atoms with Crippen molar-refractivity contribution in [2.24, 2.45) is 0 Å². The Labute approximate surface area is 223 Å². The third-order valence-corrected chi connectivity index (χ3v) is 16.9. The number of aryl methyl sites for hydroxylation is 2. The topological polar surface area (TPSA) is 58.9 Å². The number of aliphatic hydroxyl groups excluding tert-OH is 2. The number of hydrogen-bond donors (Lipinski definition) is 2. The molecule has 0 aliphatic heterocycles. The van der Waals surface area contributed by atoms with Crippen LogP contribution >= 0.6 is 0 Å². The van der Waals surface area contributed by atoms with Gasteiger partial charge in [0.25, 0.3) is 0 Å². The Morgan fingerprint density at radius 2 is 1.03 bits per heavy atom. The van der Waals surface area contributed by atoms with E-state index in [1.165, 1.54) is 16.7 Å². The molecule has 2 N–H and O–H groups in total. The fraction of sp³-hybridized carbons (Fsp3) is 0.600. The Bertz CT molecular complexity index is 970. The van der Waals surface area contributed by atoms with Gasteiger partial charge in [0.2, 0.25) is 0 Å². The number of hydrogen-bond acceptors (Lipinski definition) is 4. The smallest absolute Gasteiger partial charge is 0.192 e. The highest BCUT2D eigenvalue weighted by atomic mass is 28.4. The Morgan fingerprint density at radius 3 is 1.44 bits per heavy atom. The fourth-order valence-corrected chi connectivity index (χ4v) is 4.91. The molecule has 0 unspecified atom stereocenters. The summed E-state index contributed by atoms with van der Waals surface area (Å²) in [5, 5.41) is 18.7. The molecule has 0 saturated heterocycles. The molecule has 2 aromatic rings. The van der Waals surface area contributed by atoms with Gasteiger partial charge in [0.05, 0.1) is 26.4 Å². The minimum Gasteiger partial charge on any atom is -0.413 e. The molecule has 0 bridgehead atoms.